The second-order valence-electron chi connectivity index (χ2n) is 6.89. The number of unbranched alkanes of at least 4 members (excludes halogenated alkanes) is 1. The lowest BCUT2D eigenvalue weighted by molar-refractivity contribution is 0.129. The number of rotatable bonds is 11. The molecule has 3 nitrogen and oxygen atoms in total. The minimum absolute atomic E-state index is 0. The average molecular weight is 421 g/mol. The van der Waals surface area contributed by atoms with Crippen LogP contribution in [-0.2, 0) is 17.8 Å². The van der Waals surface area contributed by atoms with Gasteiger partial charge in [0.2, 0.25) is 0 Å². The van der Waals surface area contributed by atoms with Crippen LogP contribution in [0.3, 0.4) is 0 Å². The van der Waals surface area contributed by atoms with Crippen LogP contribution in [0.1, 0.15) is 37.3 Å². The van der Waals surface area contributed by atoms with Crippen LogP contribution in [0.15, 0.2) is 54.7 Å². The Morgan fingerprint density at radius 2 is 1.71 bits per heavy atom. The van der Waals surface area contributed by atoms with Gasteiger partial charge in [0.15, 0.2) is 0 Å². The summed E-state index contributed by atoms with van der Waals surface area (Å²) in [5.74, 6) is 0. The Labute approximate surface area is 179 Å². The fourth-order valence-electron chi connectivity index (χ4n) is 3.28. The molecule has 0 saturated carbocycles. The monoisotopic (exact) mass is 420 g/mol. The van der Waals surface area contributed by atoms with E-state index in [0.29, 0.717) is 0 Å². The molecule has 0 unspecified atom stereocenters. The summed E-state index contributed by atoms with van der Waals surface area (Å²) in [6, 6.07) is 16.6. The van der Waals surface area contributed by atoms with Crippen LogP contribution in [0.4, 0.5) is 0 Å². The third-order valence-corrected chi connectivity index (χ3v) is 5.14. The molecular formula is C23H30Cl2N2O. The van der Waals surface area contributed by atoms with Crippen molar-refractivity contribution in [2.24, 2.45) is 0 Å². The summed E-state index contributed by atoms with van der Waals surface area (Å²) in [4.78, 5) is 0. The molecule has 0 atom stereocenters. The predicted molar refractivity (Wildman–Crippen MR) is 122 cm³/mol. The molecule has 0 fully saturated rings. The van der Waals surface area contributed by atoms with E-state index in [1.54, 1.807) is 0 Å². The second-order valence-corrected chi connectivity index (χ2v) is 7.29. The Hall–Kier alpha value is -1.52. The van der Waals surface area contributed by atoms with Crippen molar-refractivity contribution in [2.75, 3.05) is 19.8 Å². The van der Waals surface area contributed by atoms with E-state index in [0.717, 1.165) is 56.3 Å². The van der Waals surface area contributed by atoms with Crippen molar-refractivity contribution in [3.05, 3.63) is 70.9 Å². The zero-order valence-electron chi connectivity index (χ0n) is 16.5. The van der Waals surface area contributed by atoms with Crippen molar-refractivity contribution < 1.29 is 4.74 Å². The molecule has 2 aromatic carbocycles. The van der Waals surface area contributed by atoms with Gasteiger partial charge in [-0.3, -0.25) is 0 Å². The van der Waals surface area contributed by atoms with Crippen molar-refractivity contribution in [1.29, 1.82) is 0 Å². The number of benzene rings is 2. The zero-order chi connectivity index (χ0) is 18.9. The fraction of sp³-hybridized carbons (Fsp3) is 0.391. The smallest absolute Gasteiger partial charge is 0.0491 e. The van der Waals surface area contributed by atoms with E-state index in [4.69, 9.17) is 16.3 Å². The third kappa shape index (κ3) is 6.25. The third-order valence-electron chi connectivity index (χ3n) is 4.77. The molecule has 5 heteroatoms. The highest BCUT2D eigenvalue weighted by molar-refractivity contribution is 6.31. The first kappa shape index (κ1) is 22.8. The molecule has 1 aromatic heterocycles. The first-order valence-electron chi connectivity index (χ1n) is 9.88. The van der Waals surface area contributed by atoms with Gasteiger partial charge in [0.1, 0.15) is 0 Å². The molecule has 3 rings (SSSR count). The van der Waals surface area contributed by atoms with Gasteiger partial charge in [-0.15, -0.1) is 12.4 Å². The van der Waals surface area contributed by atoms with E-state index in [9.17, 15) is 0 Å². The Balaban J connectivity index is 0.00000280. The summed E-state index contributed by atoms with van der Waals surface area (Å²) in [5, 5.41) is 5.67. The first-order chi connectivity index (χ1) is 13.3. The number of halogens is 2. The minimum Gasteiger partial charge on any atom is -0.381 e. The van der Waals surface area contributed by atoms with Gasteiger partial charge in [0, 0.05) is 48.4 Å². The molecular weight excluding hydrogens is 391 g/mol. The highest BCUT2D eigenvalue weighted by atomic mass is 35.5. The quantitative estimate of drug-likeness (QED) is 0.381. The maximum atomic E-state index is 6.36. The molecule has 0 aliphatic carbocycles. The van der Waals surface area contributed by atoms with E-state index in [1.807, 2.05) is 18.2 Å². The Morgan fingerprint density at radius 3 is 2.54 bits per heavy atom. The molecule has 0 radical (unpaired) electrons. The lowest BCUT2D eigenvalue weighted by Crippen LogP contribution is -2.16. The number of aromatic nitrogens is 1. The van der Waals surface area contributed by atoms with Gasteiger partial charge in [0.05, 0.1) is 0 Å². The molecule has 1 N–H and O–H groups in total. The summed E-state index contributed by atoms with van der Waals surface area (Å²) >= 11 is 6.36. The first-order valence-corrected chi connectivity index (χ1v) is 10.3. The number of fused-ring (bicyclic) bond motifs is 1. The zero-order valence-corrected chi connectivity index (χ0v) is 18.1. The van der Waals surface area contributed by atoms with Gasteiger partial charge in [-0.25, -0.2) is 0 Å². The normalized spacial score (nSPS) is 10.9. The van der Waals surface area contributed by atoms with Gasteiger partial charge in [0.25, 0.3) is 0 Å². The molecule has 3 aromatic rings. The van der Waals surface area contributed by atoms with Crippen molar-refractivity contribution in [1.82, 2.24) is 9.88 Å². The van der Waals surface area contributed by atoms with Crippen LogP contribution in [0, 0.1) is 0 Å². The molecule has 0 spiro atoms. The number of hydrogen-bond donors (Lipinski definition) is 1. The molecule has 0 bridgehead atoms. The van der Waals surface area contributed by atoms with E-state index in [-0.39, 0.29) is 12.4 Å². The van der Waals surface area contributed by atoms with Gasteiger partial charge in [-0.1, -0.05) is 61.3 Å². The van der Waals surface area contributed by atoms with Gasteiger partial charge in [-0.05, 0) is 42.6 Å². The maximum absolute atomic E-state index is 6.36. The highest BCUT2D eigenvalue weighted by Gasteiger charge is 2.09. The van der Waals surface area contributed by atoms with Crippen molar-refractivity contribution in [3.63, 3.8) is 0 Å². The Morgan fingerprint density at radius 1 is 0.964 bits per heavy atom. The molecule has 1 heterocycles. The van der Waals surface area contributed by atoms with E-state index in [1.165, 1.54) is 22.9 Å². The molecule has 28 heavy (non-hydrogen) atoms. The van der Waals surface area contributed by atoms with Gasteiger partial charge < -0.3 is 14.6 Å². The molecule has 0 aliphatic heterocycles. The van der Waals surface area contributed by atoms with Crippen LogP contribution >= 0.6 is 24.0 Å². The average Bonchev–Trinajstić information content (AvgIpc) is 3.03. The van der Waals surface area contributed by atoms with Crippen molar-refractivity contribution in [3.8, 4) is 0 Å². The molecule has 0 aliphatic rings. The number of hydrogen-bond acceptors (Lipinski definition) is 2. The van der Waals surface area contributed by atoms with Gasteiger partial charge in [-0.2, -0.15) is 0 Å². The maximum Gasteiger partial charge on any atom is 0.0491 e. The highest BCUT2D eigenvalue weighted by Crippen LogP contribution is 2.24. The van der Waals surface area contributed by atoms with Crippen LogP contribution in [0.2, 0.25) is 5.02 Å². The summed E-state index contributed by atoms with van der Waals surface area (Å²) in [5.41, 5.74) is 3.71. The molecule has 0 saturated heterocycles. The number of ether oxygens (including phenoxy) is 1. The van der Waals surface area contributed by atoms with Crippen LogP contribution in [0.5, 0.6) is 0 Å². The SMILES string of the molecule is CCCCOCCCNCc1cn(Cc2ccccc2Cl)c2ccccc12.Cl. The molecule has 0 amide bonds. The van der Waals surface area contributed by atoms with E-state index >= 15 is 0 Å². The standard InChI is InChI=1S/C23H29ClN2O.ClH/c1-2-3-14-27-15-8-13-25-16-20-18-26(23-12-7-5-10-21(20)23)17-19-9-4-6-11-22(19)24;/h4-7,9-12,18,25H,2-3,8,13-17H2,1H3;1H. The van der Waals surface area contributed by atoms with E-state index < -0.39 is 0 Å². The summed E-state index contributed by atoms with van der Waals surface area (Å²) < 4.78 is 7.91. The lowest BCUT2D eigenvalue weighted by Gasteiger charge is -2.07. The largest absolute Gasteiger partial charge is 0.381 e. The predicted octanol–water partition coefficient (Wildman–Crippen LogP) is 6.06. The second kappa shape index (κ2) is 12.1. The Kier molecular flexibility index (Phi) is 9.86. The van der Waals surface area contributed by atoms with Gasteiger partial charge >= 0.3 is 0 Å². The van der Waals surface area contributed by atoms with E-state index in [2.05, 4.69) is 53.3 Å². The number of nitrogens with one attached hydrogen (secondary N) is 1. The lowest BCUT2D eigenvalue weighted by atomic mass is 10.2. The summed E-state index contributed by atoms with van der Waals surface area (Å²) in [6.45, 7) is 6.52. The van der Waals surface area contributed by atoms with Crippen LogP contribution in [0.25, 0.3) is 10.9 Å². The summed E-state index contributed by atoms with van der Waals surface area (Å²) in [7, 11) is 0. The molecule has 152 valence electrons. The fourth-order valence-corrected chi connectivity index (χ4v) is 3.47. The topological polar surface area (TPSA) is 26.2 Å². The summed E-state index contributed by atoms with van der Waals surface area (Å²) in [6.07, 6.45) is 5.63. The van der Waals surface area contributed by atoms with Crippen molar-refractivity contribution in [2.45, 2.75) is 39.3 Å². The number of nitrogens with zero attached hydrogens (tertiary/aromatic N) is 1. The number of para-hydroxylation sites is 1. The minimum atomic E-state index is 0. The van der Waals surface area contributed by atoms with Crippen LogP contribution < -0.4 is 5.32 Å². The van der Waals surface area contributed by atoms with Crippen LogP contribution in [-0.4, -0.2) is 24.3 Å². The van der Waals surface area contributed by atoms with Crippen molar-refractivity contribution >= 4 is 34.9 Å². The Bertz CT molecular complexity index is 847.